The molecule has 0 aliphatic carbocycles. The zero-order valence-electron chi connectivity index (χ0n) is 6.18. The number of nitrogens with zero attached hydrogens (tertiary/aromatic N) is 2. The first-order valence-electron chi connectivity index (χ1n) is 3.72. The highest BCUT2D eigenvalue weighted by Crippen LogP contribution is 2.09. The Bertz CT molecular complexity index is 243. The monoisotopic (exact) mass is 155 g/mol. The van der Waals surface area contributed by atoms with Gasteiger partial charge in [0.2, 0.25) is 0 Å². The summed E-state index contributed by atoms with van der Waals surface area (Å²) in [6, 6.07) is 0. The van der Waals surface area contributed by atoms with Gasteiger partial charge < -0.3 is 9.88 Å². The van der Waals surface area contributed by atoms with Crippen LogP contribution in [0.5, 0.6) is 0 Å². The highest BCUT2D eigenvalue weighted by molar-refractivity contribution is 5.06. The first-order chi connectivity index (χ1) is 5.42. The van der Waals surface area contributed by atoms with Crippen molar-refractivity contribution in [1.82, 2.24) is 14.9 Å². The quantitative estimate of drug-likeness (QED) is 0.638. The number of nitrogens with one attached hydrogen (secondary N) is 1. The Balaban J connectivity index is 2.38. The van der Waals surface area contributed by atoms with Crippen molar-refractivity contribution in [2.24, 2.45) is 0 Å². The number of hydrogen-bond donors (Lipinski definition) is 1. The fraction of sp³-hybridized carbons (Fsp3) is 0.571. The van der Waals surface area contributed by atoms with Gasteiger partial charge in [-0.3, -0.25) is 0 Å². The molecule has 0 atom stereocenters. The van der Waals surface area contributed by atoms with E-state index in [1.807, 2.05) is 4.57 Å². The third kappa shape index (κ3) is 1.03. The van der Waals surface area contributed by atoms with Crippen LogP contribution in [0.3, 0.4) is 0 Å². The Morgan fingerprint density at radius 1 is 1.73 bits per heavy atom. The van der Waals surface area contributed by atoms with Crippen LogP contribution < -0.4 is 5.32 Å². The number of hydrogen-bond acceptors (Lipinski definition) is 2. The van der Waals surface area contributed by atoms with E-state index in [1.54, 1.807) is 6.20 Å². The Morgan fingerprint density at radius 2 is 2.64 bits per heavy atom. The van der Waals surface area contributed by atoms with Crippen LogP contribution in [0.25, 0.3) is 0 Å². The number of halogens is 1. The predicted molar refractivity (Wildman–Crippen MR) is 38.7 cm³/mol. The van der Waals surface area contributed by atoms with E-state index in [1.165, 1.54) is 0 Å². The molecular weight excluding hydrogens is 145 g/mol. The van der Waals surface area contributed by atoms with Gasteiger partial charge in [0.05, 0.1) is 5.69 Å². The van der Waals surface area contributed by atoms with E-state index in [4.69, 9.17) is 0 Å². The highest BCUT2D eigenvalue weighted by atomic mass is 19.1. The maximum absolute atomic E-state index is 12.2. The third-order valence-corrected chi connectivity index (χ3v) is 1.96. The van der Waals surface area contributed by atoms with Crippen LogP contribution in [0.2, 0.25) is 0 Å². The molecule has 0 saturated carbocycles. The van der Waals surface area contributed by atoms with Crippen LogP contribution >= 0.6 is 0 Å². The largest absolute Gasteiger partial charge is 0.327 e. The number of fused-ring (bicyclic) bond motifs is 1. The lowest BCUT2D eigenvalue weighted by Gasteiger charge is -2.16. The van der Waals surface area contributed by atoms with Gasteiger partial charge >= 0.3 is 0 Å². The van der Waals surface area contributed by atoms with Crippen molar-refractivity contribution in [2.75, 3.05) is 6.54 Å². The van der Waals surface area contributed by atoms with E-state index in [9.17, 15) is 4.39 Å². The molecule has 0 unspecified atom stereocenters. The lowest BCUT2D eigenvalue weighted by molar-refractivity contribution is 0.425. The summed E-state index contributed by atoms with van der Waals surface area (Å²) in [5.74, 6) is 0.557. The standard InChI is InChI=1S/C7H10FN3/c8-3-7-10-5-6-4-9-1-2-11(6)7/h5,9H,1-4H2. The van der Waals surface area contributed by atoms with Gasteiger partial charge in [-0.15, -0.1) is 0 Å². The minimum atomic E-state index is -0.458. The average molecular weight is 155 g/mol. The fourth-order valence-corrected chi connectivity index (χ4v) is 1.38. The summed E-state index contributed by atoms with van der Waals surface area (Å²) in [7, 11) is 0. The third-order valence-electron chi connectivity index (χ3n) is 1.96. The summed E-state index contributed by atoms with van der Waals surface area (Å²) >= 11 is 0. The Morgan fingerprint density at radius 3 is 3.45 bits per heavy atom. The van der Waals surface area contributed by atoms with Crippen LogP contribution in [0, 0.1) is 0 Å². The number of rotatable bonds is 1. The van der Waals surface area contributed by atoms with Gasteiger partial charge in [-0.2, -0.15) is 0 Å². The summed E-state index contributed by atoms with van der Waals surface area (Å²) < 4.78 is 14.2. The van der Waals surface area contributed by atoms with Gasteiger partial charge in [-0.1, -0.05) is 0 Å². The molecule has 60 valence electrons. The molecule has 0 amide bonds. The molecule has 2 rings (SSSR count). The number of imidazole rings is 1. The van der Waals surface area contributed by atoms with Gasteiger partial charge in [0, 0.05) is 25.8 Å². The van der Waals surface area contributed by atoms with E-state index in [0.29, 0.717) is 5.82 Å². The van der Waals surface area contributed by atoms with Crippen molar-refractivity contribution in [3.8, 4) is 0 Å². The van der Waals surface area contributed by atoms with Crippen LogP contribution in [-0.2, 0) is 19.8 Å². The first kappa shape index (κ1) is 6.79. The minimum Gasteiger partial charge on any atom is -0.327 e. The maximum atomic E-state index is 12.2. The fourth-order valence-electron chi connectivity index (χ4n) is 1.38. The van der Waals surface area contributed by atoms with E-state index in [2.05, 4.69) is 10.3 Å². The summed E-state index contributed by atoms with van der Waals surface area (Å²) in [4.78, 5) is 3.96. The van der Waals surface area contributed by atoms with Gasteiger partial charge in [0.25, 0.3) is 0 Å². The zero-order chi connectivity index (χ0) is 7.68. The summed E-state index contributed by atoms with van der Waals surface area (Å²) in [5.41, 5.74) is 1.09. The van der Waals surface area contributed by atoms with Crippen molar-refractivity contribution in [3.05, 3.63) is 17.7 Å². The molecule has 3 nitrogen and oxygen atoms in total. The van der Waals surface area contributed by atoms with Gasteiger partial charge in [0.15, 0.2) is 0 Å². The molecule has 0 spiro atoms. The molecule has 11 heavy (non-hydrogen) atoms. The maximum Gasteiger partial charge on any atom is 0.147 e. The summed E-state index contributed by atoms with van der Waals surface area (Å²) in [6.45, 7) is 2.11. The van der Waals surface area contributed by atoms with Crippen LogP contribution in [0.15, 0.2) is 6.20 Å². The molecule has 0 aromatic carbocycles. The average Bonchev–Trinajstić information content (AvgIpc) is 2.47. The molecule has 1 aliphatic rings. The molecule has 4 heteroatoms. The first-order valence-corrected chi connectivity index (χ1v) is 3.72. The van der Waals surface area contributed by atoms with Crippen molar-refractivity contribution in [3.63, 3.8) is 0 Å². The van der Waals surface area contributed by atoms with Gasteiger partial charge in [0.1, 0.15) is 12.5 Å². The molecule has 0 bridgehead atoms. The molecule has 1 aliphatic heterocycles. The SMILES string of the molecule is FCc1ncc2n1CCNC2. The predicted octanol–water partition coefficient (Wildman–Crippen LogP) is 0.456. The van der Waals surface area contributed by atoms with Crippen LogP contribution in [0.4, 0.5) is 4.39 Å². The summed E-state index contributed by atoms with van der Waals surface area (Å²) in [6.07, 6.45) is 1.74. The lowest BCUT2D eigenvalue weighted by atomic mass is 10.3. The van der Waals surface area contributed by atoms with Crippen molar-refractivity contribution < 1.29 is 4.39 Å². The van der Waals surface area contributed by atoms with Gasteiger partial charge in [-0.25, -0.2) is 9.37 Å². The van der Waals surface area contributed by atoms with Crippen molar-refractivity contribution in [2.45, 2.75) is 19.8 Å². The van der Waals surface area contributed by atoms with Crippen molar-refractivity contribution in [1.29, 1.82) is 0 Å². The number of alkyl halides is 1. The Hall–Kier alpha value is -0.900. The highest BCUT2D eigenvalue weighted by Gasteiger charge is 2.12. The zero-order valence-corrected chi connectivity index (χ0v) is 6.18. The van der Waals surface area contributed by atoms with E-state index in [0.717, 1.165) is 25.3 Å². The molecule has 0 saturated heterocycles. The summed E-state index contributed by atoms with van der Waals surface area (Å²) in [5, 5.41) is 3.20. The smallest absolute Gasteiger partial charge is 0.147 e. The minimum absolute atomic E-state index is 0.458. The topological polar surface area (TPSA) is 29.9 Å². The Kier molecular flexibility index (Phi) is 1.62. The molecule has 1 aromatic heterocycles. The molecule has 0 fully saturated rings. The second-order valence-corrected chi connectivity index (χ2v) is 2.63. The molecule has 0 radical (unpaired) electrons. The molecular formula is C7H10FN3. The second-order valence-electron chi connectivity index (χ2n) is 2.63. The van der Waals surface area contributed by atoms with E-state index < -0.39 is 6.67 Å². The molecule has 1 aromatic rings. The van der Waals surface area contributed by atoms with Crippen LogP contribution in [0.1, 0.15) is 11.5 Å². The second kappa shape index (κ2) is 2.62. The van der Waals surface area contributed by atoms with E-state index in [-0.39, 0.29) is 0 Å². The van der Waals surface area contributed by atoms with E-state index >= 15 is 0 Å². The Labute approximate surface area is 64.2 Å². The molecule has 1 N–H and O–H groups in total. The number of aromatic nitrogens is 2. The van der Waals surface area contributed by atoms with Crippen molar-refractivity contribution >= 4 is 0 Å². The van der Waals surface area contributed by atoms with Crippen LogP contribution in [-0.4, -0.2) is 16.1 Å². The normalized spacial score (nSPS) is 16.5. The van der Waals surface area contributed by atoms with Gasteiger partial charge in [-0.05, 0) is 0 Å². The molecule has 2 heterocycles. The lowest BCUT2D eigenvalue weighted by Crippen LogP contribution is -2.28.